The molecule has 4 aromatic rings. The Bertz CT molecular complexity index is 1210. The number of rotatable bonds is 6. The van der Waals surface area contributed by atoms with Crippen LogP contribution >= 0.6 is 27.5 Å². The molecule has 0 aliphatic rings. The Morgan fingerprint density at radius 1 is 1.06 bits per heavy atom. The van der Waals surface area contributed by atoms with Gasteiger partial charge < -0.3 is 10.1 Å². The van der Waals surface area contributed by atoms with E-state index in [2.05, 4.69) is 31.3 Å². The third-order valence-electron chi connectivity index (χ3n) is 4.43. The SMILES string of the molecule is CCOc1ccc(-n2nc(C(=O)Nc3ccccc3Cl)nc2-c2ccc(Br)cc2)cc1. The number of para-hydroxylation sites is 1. The Labute approximate surface area is 193 Å². The maximum atomic E-state index is 12.9. The maximum absolute atomic E-state index is 12.9. The van der Waals surface area contributed by atoms with E-state index in [4.69, 9.17) is 16.3 Å². The molecule has 0 radical (unpaired) electrons. The molecule has 1 amide bonds. The first kappa shape index (κ1) is 21.1. The van der Waals surface area contributed by atoms with Gasteiger partial charge in [-0.3, -0.25) is 4.79 Å². The molecule has 0 fully saturated rings. The number of nitrogens with zero attached hydrogens (tertiary/aromatic N) is 3. The van der Waals surface area contributed by atoms with Crippen LogP contribution in [0.2, 0.25) is 5.02 Å². The fourth-order valence-electron chi connectivity index (χ4n) is 2.97. The molecule has 0 aliphatic carbocycles. The first-order valence-electron chi connectivity index (χ1n) is 9.57. The molecule has 3 aromatic carbocycles. The minimum atomic E-state index is -0.448. The van der Waals surface area contributed by atoms with E-state index in [1.165, 1.54) is 0 Å². The molecule has 0 spiro atoms. The topological polar surface area (TPSA) is 69.0 Å². The Morgan fingerprint density at radius 3 is 2.45 bits per heavy atom. The van der Waals surface area contributed by atoms with E-state index in [1.807, 2.05) is 55.5 Å². The second-order valence-corrected chi connectivity index (χ2v) is 7.86. The van der Waals surface area contributed by atoms with Crippen LogP contribution in [0.25, 0.3) is 17.1 Å². The number of hydrogen-bond acceptors (Lipinski definition) is 4. The van der Waals surface area contributed by atoms with Crippen molar-refractivity contribution < 1.29 is 9.53 Å². The minimum absolute atomic E-state index is 0.0340. The van der Waals surface area contributed by atoms with Crippen molar-refractivity contribution in [1.82, 2.24) is 14.8 Å². The molecule has 6 nitrogen and oxygen atoms in total. The molecule has 0 atom stereocenters. The molecular formula is C23H18BrClN4O2. The van der Waals surface area contributed by atoms with Crippen molar-refractivity contribution in [2.24, 2.45) is 0 Å². The molecule has 4 rings (SSSR count). The lowest BCUT2D eigenvalue weighted by Gasteiger charge is -2.08. The first-order valence-corrected chi connectivity index (χ1v) is 10.7. The van der Waals surface area contributed by atoms with Gasteiger partial charge in [0.15, 0.2) is 5.82 Å². The minimum Gasteiger partial charge on any atom is -0.494 e. The molecule has 156 valence electrons. The molecule has 0 saturated carbocycles. The van der Waals surface area contributed by atoms with Crippen molar-refractivity contribution in [3.8, 4) is 22.8 Å². The van der Waals surface area contributed by atoms with Crippen LogP contribution in [0.5, 0.6) is 5.75 Å². The number of ether oxygens (including phenoxy) is 1. The van der Waals surface area contributed by atoms with Crippen molar-refractivity contribution in [3.63, 3.8) is 0 Å². The van der Waals surface area contributed by atoms with Gasteiger partial charge in [-0.15, -0.1) is 5.10 Å². The number of nitrogens with one attached hydrogen (secondary N) is 1. The predicted molar refractivity (Wildman–Crippen MR) is 125 cm³/mol. The smallest absolute Gasteiger partial charge is 0.295 e. The Hall–Kier alpha value is -3.16. The molecule has 0 bridgehead atoms. The third-order valence-corrected chi connectivity index (χ3v) is 5.29. The average molecular weight is 498 g/mol. The van der Waals surface area contributed by atoms with Crippen molar-refractivity contribution in [3.05, 3.63) is 88.1 Å². The van der Waals surface area contributed by atoms with Crippen molar-refractivity contribution in [1.29, 1.82) is 0 Å². The summed E-state index contributed by atoms with van der Waals surface area (Å²) in [6, 6.07) is 22.1. The van der Waals surface area contributed by atoms with Crippen LogP contribution in [-0.4, -0.2) is 27.3 Å². The monoisotopic (exact) mass is 496 g/mol. The lowest BCUT2D eigenvalue weighted by atomic mass is 10.2. The van der Waals surface area contributed by atoms with Gasteiger partial charge >= 0.3 is 0 Å². The molecule has 1 aromatic heterocycles. The zero-order chi connectivity index (χ0) is 21.8. The molecule has 1 N–H and O–H groups in total. The summed E-state index contributed by atoms with van der Waals surface area (Å²) >= 11 is 9.61. The lowest BCUT2D eigenvalue weighted by molar-refractivity contribution is 0.101. The molecule has 0 unspecified atom stereocenters. The predicted octanol–water partition coefficient (Wildman–Crippen LogP) is 6.00. The van der Waals surface area contributed by atoms with Gasteiger partial charge in [-0.2, -0.15) is 0 Å². The highest BCUT2D eigenvalue weighted by Crippen LogP contribution is 2.25. The molecule has 0 aliphatic heterocycles. The standard InChI is InChI=1S/C23H18BrClN4O2/c1-2-31-18-13-11-17(12-14-18)29-22(15-7-9-16(24)10-8-15)27-21(28-29)23(30)26-20-6-4-3-5-19(20)25/h3-14H,2H2,1H3,(H,26,30). The summed E-state index contributed by atoms with van der Waals surface area (Å²) in [5, 5.41) is 7.69. The second-order valence-electron chi connectivity index (χ2n) is 6.54. The number of carbonyl (C=O) groups is 1. The van der Waals surface area contributed by atoms with Crippen molar-refractivity contribution in [2.45, 2.75) is 6.92 Å². The molecule has 8 heteroatoms. The summed E-state index contributed by atoms with van der Waals surface area (Å²) in [7, 11) is 0. The van der Waals surface area contributed by atoms with Gasteiger partial charge in [0.05, 0.1) is 23.0 Å². The van der Waals surface area contributed by atoms with Gasteiger partial charge in [0.25, 0.3) is 5.91 Å². The van der Waals surface area contributed by atoms with Crippen LogP contribution < -0.4 is 10.1 Å². The van der Waals surface area contributed by atoms with Gasteiger partial charge in [0, 0.05) is 10.0 Å². The normalized spacial score (nSPS) is 10.7. The van der Waals surface area contributed by atoms with Crippen LogP contribution in [-0.2, 0) is 0 Å². The van der Waals surface area contributed by atoms with Crippen LogP contribution in [0, 0.1) is 0 Å². The highest BCUT2D eigenvalue weighted by Gasteiger charge is 2.19. The zero-order valence-electron chi connectivity index (χ0n) is 16.5. The van der Waals surface area contributed by atoms with Crippen LogP contribution in [0.3, 0.4) is 0 Å². The van der Waals surface area contributed by atoms with E-state index in [1.54, 1.807) is 28.9 Å². The number of hydrogen-bond donors (Lipinski definition) is 1. The Morgan fingerprint density at radius 2 is 1.77 bits per heavy atom. The van der Waals surface area contributed by atoms with Crippen LogP contribution in [0.15, 0.2) is 77.3 Å². The van der Waals surface area contributed by atoms with Crippen LogP contribution in [0.4, 0.5) is 5.69 Å². The maximum Gasteiger partial charge on any atom is 0.295 e. The number of carbonyl (C=O) groups excluding carboxylic acids is 1. The van der Waals surface area contributed by atoms with E-state index < -0.39 is 5.91 Å². The van der Waals surface area contributed by atoms with Gasteiger partial charge in [-0.1, -0.05) is 51.8 Å². The zero-order valence-corrected chi connectivity index (χ0v) is 18.9. The van der Waals surface area contributed by atoms with E-state index in [9.17, 15) is 4.79 Å². The highest BCUT2D eigenvalue weighted by molar-refractivity contribution is 9.10. The molecule has 1 heterocycles. The van der Waals surface area contributed by atoms with Crippen molar-refractivity contribution >= 4 is 39.1 Å². The third kappa shape index (κ3) is 4.78. The van der Waals surface area contributed by atoms with E-state index in [-0.39, 0.29) is 5.82 Å². The number of benzene rings is 3. The fraction of sp³-hybridized carbons (Fsp3) is 0.0870. The number of amides is 1. The summed E-state index contributed by atoms with van der Waals surface area (Å²) in [5.41, 5.74) is 2.07. The first-order chi connectivity index (χ1) is 15.0. The van der Waals surface area contributed by atoms with E-state index in [0.29, 0.717) is 23.1 Å². The fourth-order valence-corrected chi connectivity index (χ4v) is 3.41. The number of anilines is 1. The largest absolute Gasteiger partial charge is 0.494 e. The quantitative estimate of drug-likeness (QED) is 0.355. The summed E-state index contributed by atoms with van der Waals surface area (Å²) in [5.74, 6) is 0.886. The second kappa shape index (κ2) is 9.32. The van der Waals surface area contributed by atoms with Gasteiger partial charge in [-0.25, -0.2) is 9.67 Å². The van der Waals surface area contributed by atoms with Gasteiger partial charge in [0.2, 0.25) is 5.82 Å². The highest BCUT2D eigenvalue weighted by atomic mass is 79.9. The molecule has 0 saturated heterocycles. The van der Waals surface area contributed by atoms with E-state index in [0.717, 1.165) is 21.5 Å². The van der Waals surface area contributed by atoms with E-state index >= 15 is 0 Å². The summed E-state index contributed by atoms with van der Waals surface area (Å²) < 4.78 is 8.10. The number of aromatic nitrogens is 3. The Kier molecular flexibility index (Phi) is 6.34. The molecule has 31 heavy (non-hydrogen) atoms. The summed E-state index contributed by atoms with van der Waals surface area (Å²) in [4.78, 5) is 17.4. The van der Waals surface area contributed by atoms with Gasteiger partial charge in [-0.05, 0) is 55.5 Å². The van der Waals surface area contributed by atoms with Crippen molar-refractivity contribution in [2.75, 3.05) is 11.9 Å². The summed E-state index contributed by atoms with van der Waals surface area (Å²) in [6.07, 6.45) is 0. The average Bonchev–Trinajstić information content (AvgIpc) is 3.22. The lowest BCUT2D eigenvalue weighted by Crippen LogP contribution is -2.14. The molecular weight excluding hydrogens is 480 g/mol. The van der Waals surface area contributed by atoms with Crippen LogP contribution in [0.1, 0.15) is 17.5 Å². The van der Waals surface area contributed by atoms with Gasteiger partial charge in [0.1, 0.15) is 5.75 Å². The number of halogens is 2. The summed E-state index contributed by atoms with van der Waals surface area (Å²) in [6.45, 7) is 2.51. The Balaban J connectivity index is 1.73.